The highest BCUT2D eigenvalue weighted by atomic mass is 16.5. The molecule has 32 heavy (non-hydrogen) atoms. The van der Waals surface area contributed by atoms with Gasteiger partial charge in [0.1, 0.15) is 16.9 Å². The standard InChI is InChI=1S/C25H29N5O2/c1-5-29-20(14-17-10-8-11-26-23(17)29)24-27-19-13-18(15-21(32-4)22(19)28(24)3)25(31)30-12-7-6-9-16(30)2/h8,10-11,13-16H,5-7,9,12H2,1-4H3/t16-/m1/s1. The SMILES string of the molecule is CCn1c(-c2nc3cc(C(=O)N4CCCC[C@H]4C)cc(OC)c3n2C)cc2cccnc21. The molecule has 1 atom stereocenters. The van der Waals surface area contributed by atoms with Gasteiger partial charge < -0.3 is 18.8 Å². The third-order valence-electron chi connectivity index (χ3n) is 6.67. The van der Waals surface area contributed by atoms with Gasteiger partial charge in [0.05, 0.1) is 18.3 Å². The molecule has 0 N–H and O–H groups in total. The molecule has 0 spiro atoms. The fraction of sp³-hybridized carbons (Fsp3) is 0.400. The second-order valence-electron chi connectivity index (χ2n) is 8.57. The van der Waals surface area contributed by atoms with Crippen molar-refractivity contribution in [2.75, 3.05) is 13.7 Å². The summed E-state index contributed by atoms with van der Waals surface area (Å²) in [7, 11) is 3.64. The number of likely N-dealkylation sites (tertiary alicyclic amines) is 1. The molecule has 0 saturated carbocycles. The van der Waals surface area contributed by atoms with E-state index in [0.29, 0.717) is 11.3 Å². The van der Waals surface area contributed by atoms with Gasteiger partial charge in [-0.15, -0.1) is 0 Å². The van der Waals surface area contributed by atoms with Crippen LogP contribution < -0.4 is 4.74 Å². The zero-order valence-corrected chi connectivity index (χ0v) is 19.1. The van der Waals surface area contributed by atoms with Crippen molar-refractivity contribution in [3.63, 3.8) is 0 Å². The predicted octanol–water partition coefficient (Wildman–Crippen LogP) is 4.63. The minimum absolute atomic E-state index is 0.0523. The molecule has 1 aromatic carbocycles. The number of rotatable bonds is 4. The first-order chi connectivity index (χ1) is 15.5. The molecule has 1 aliphatic heterocycles. The van der Waals surface area contributed by atoms with Crippen LogP contribution in [0, 0.1) is 0 Å². The van der Waals surface area contributed by atoms with E-state index in [4.69, 9.17) is 9.72 Å². The number of piperidine rings is 1. The number of aryl methyl sites for hydroxylation is 2. The molecule has 0 radical (unpaired) electrons. The molecule has 166 valence electrons. The van der Waals surface area contributed by atoms with Gasteiger partial charge in [-0.2, -0.15) is 0 Å². The highest BCUT2D eigenvalue weighted by Crippen LogP contribution is 2.34. The van der Waals surface area contributed by atoms with E-state index >= 15 is 0 Å². The third kappa shape index (κ3) is 3.15. The van der Waals surface area contributed by atoms with Gasteiger partial charge in [0.25, 0.3) is 5.91 Å². The van der Waals surface area contributed by atoms with Gasteiger partial charge in [-0.25, -0.2) is 9.97 Å². The maximum Gasteiger partial charge on any atom is 0.254 e. The van der Waals surface area contributed by atoms with Gasteiger partial charge in [0.15, 0.2) is 5.82 Å². The van der Waals surface area contributed by atoms with Crippen molar-refractivity contribution in [1.29, 1.82) is 0 Å². The number of imidazole rings is 1. The number of pyridine rings is 1. The van der Waals surface area contributed by atoms with Crippen LogP contribution in [0.4, 0.5) is 0 Å². The van der Waals surface area contributed by atoms with Crippen LogP contribution in [0.2, 0.25) is 0 Å². The first-order valence-electron chi connectivity index (χ1n) is 11.3. The second-order valence-corrected chi connectivity index (χ2v) is 8.57. The number of carbonyl (C=O) groups is 1. The number of methoxy groups -OCH3 is 1. The lowest BCUT2D eigenvalue weighted by atomic mass is 10.0. The largest absolute Gasteiger partial charge is 0.494 e. The Bertz CT molecular complexity index is 1320. The zero-order valence-electron chi connectivity index (χ0n) is 19.1. The molecule has 1 amide bonds. The van der Waals surface area contributed by atoms with Gasteiger partial charge in [0, 0.05) is 43.3 Å². The molecule has 7 heteroatoms. The van der Waals surface area contributed by atoms with E-state index in [9.17, 15) is 4.79 Å². The first-order valence-corrected chi connectivity index (χ1v) is 11.3. The van der Waals surface area contributed by atoms with E-state index < -0.39 is 0 Å². The minimum atomic E-state index is 0.0523. The Balaban J connectivity index is 1.66. The quantitative estimate of drug-likeness (QED) is 0.472. The molecule has 0 aliphatic carbocycles. The van der Waals surface area contributed by atoms with E-state index in [1.165, 1.54) is 6.42 Å². The number of hydrogen-bond donors (Lipinski definition) is 0. The predicted molar refractivity (Wildman–Crippen MR) is 126 cm³/mol. The normalized spacial score (nSPS) is 16.8. The lowest BCUT2D eigenvalue weighted by Crippen LogP contribution is -2.42. The Morgan fingerprint density at radius 1 is 1.25 bits per heavy atom. The minimum Gasteiger partial charge on any atom is -0.494 e. The number of fused-ring (bicyclic) bond motifs is 2. The summed E-state index contributed by atoms with van der Waals surface area (Å²) in [4.78, 5) is 24.8. The van der Waals surface area contributed by atoms with Crippen LogP contribution >= 0.6 is 0 Å². The molecule has 1 saturated heterocycles. The Morgan fingerprint density at radius 3 is 2.84 bits per heavy atom. The lowest BCUT2D eigenvalue weighted by Gasteiger charge is -2.33. The number of nitrogens with zero attached hydrogens (tertiary/aromatic N) is 5. The average Bonchev–Trinajstić information content (AvgIpc) is 3.35. The van der Waals surface area contributed by atoms with Crippen LogP contribution in [0.25, 0.3) is 33.6 Å². The molecule has 0 unspecified atom stereocenters. The summed E-state index contributed by atoms with van der Waals surface area (Å²) in [6.07, 6.45) is 5.10. The summed E-state index contributed by atoms with van der Waals surface area (Å²) < 4.78 is 9.95. The van der Waals surface area contributed by atoms with Crippen molar-refractivity contribution < 1.29 is 9.53 Å². The number of benzene rings is 1. The summed E-state index contributed by atoms with van der Waals surface area (Å²) in [5, 5.41) is 1.08. The van der Waals surface area contributed by atoms with Crippen LogP contribution in [0.3, 0.4) is 0 Å². The molecule has 4 aromatic rings. The van der Waals surface area contributed by atoms with E-state index in [1.54, 1.807) is 7.11 Å². The summed E-state index contributed by atoms with van der Waals surface area (Å²) in [5.74, 6) is 1.54. The van der Waals surface area contributed by atoms with Crippen molar-refractivity contribution in [2.24, 2.45) is 7.05 Å². The second kappa shape index (κ2) is 7.97. The molecular formula is C25H29N5O2. The molecule has 5 rings (SSSR count). The number of carbonyl (C=O) groups excluding carboxylic acids is 1. The van der Waals surface area contributed by atoms with Gasteiger partial charge in [-0.3, -0.25) is 4.79 Å². The Hall–Kier alpha value is -3.35. The van der Waals surface area contributed by atoms with Gasteiger partial charge in [-0.05, 0) is 63.4 Å². The molecule has 0 bridgehead atoms. The van der Waals surface area contributed by atoms with E-state index in [1.807, 2.05) is 40.9 Å². The van der Waals surface area contributed by atoms with Gasteiger partial charge in [-0.1, -0.05) is 0 Å². The van der Waals surface area contributed by atoms with Crippen LogP contribution in [0.1, 0.15) is 43.5 Å². The van der Waals surface area contributed by atoms with Crippen LogP contribution in [-0.2, 0) is 13.6 Å². The molecular weight excluding hydrogens is 402 g/mol. The van der Waals surface area contributed by atoms with E-state index in [2.05, 4.69) is 35.5 Å². The molecule has 7 nitrogen and oxygen atoms in total. The number of aromatic nitrogens is 4. The Labute approximate surface area is 187 Å². The van der Waals surface area contributed by atoms with Crippen molar-refractivity contribution in [3.05, 3.63) is 42.1 Å². The van der Waals surface area contributed by atoms with Crippen molar-refractivity contribution >= 4 is 28.0 Å². The van der Waals surface area contributed by atoms with Crippen LogP contribution in [0.15, 0.2) is 36.5 Å². The maximum atomic E-state index is 13.3. The highest BCUT2D eigenvalue weighted by molar-refractivity contribution is 6.00. The zero-order chi connectivity index (χ0) is 22.4. The van der Waals surface area contributed by atoms with Crippen LogP contribution in [-0.4, -0.2) is 49.6 Å². The number of amides is 1. The van der Waals surface area contributed by atoms with E-state index in [-0.39, 0.29) is 11.9 Å². The number of hydrogen-bond acceptors (Lipinski definition) is 4. The van der Waals surface area contributed by atoms with Crippen molar-refractivity contribution in [3.8, 4) is 17.3 Å². The maximum absolute atomic E-state index is 13.3. The van der Waals surface area contributed by atoms with Gasteiger partial charge in [0.2, 0.25) is 0 Å². The number of ether oxygens (including phenoxy) is 1. The molecule has 4 heterocycles. The Morgan fingerprint density at radius 2 is 2.09 bits per heavy atom. The summed E-state index contributed by atoms with van der Waals surface area (Å²) in [6, 6.07) is 10.2. The summed E-state index contributed by atoms with van der Waals surface area (Å²) in [5.41, 5.74) is 4.21. The molecule has 1 aliphatic rings. The summed E-state index contributed by atoms with van der Waals surface area (Å²) in [6.45, 7) is 5.82. The first kappa shape index (κ1) is 20.5. The van der Waals surface area contributed by atoms with Crippen LogP contribution in [0.5, 0.6) is 5.75 Å². The fourth-order valence-corrected chi connectivity index (χ4v) is 4.98. The third-order valence-corrected chi connectivity index (χ3v) is 6.67. The van der Waals surface area contributed by atoms with Crippen molar-refractivity contribution in [2.45, 2.75) is 45.7 Å². The van der Waals surface area contributed by atoms with E-state index in [0.717, 1.165) is 59.5 Å². The molecule has 1 fully saturated rings. The average molecular weight is 432 g/mol. The Kier molecular flexibility index (Phi) is 5.12. The highest BCUT2D eigenvalue weighted by Gasteiger charge is 2.26. The van der Waals surface area contributed by atoms with Gasteiger partial charge >= 0.3 is 0 Å². The molecule has 3 aromatic heterocycles. The lowest BCUT2D eigenvalue weighted by molar-refractivity contribution is 0.0635. The smallest absolute Gasteiger partial charge is 0.254 e. The summed E-state index contributed by atoms with van der Waals surface area (Å²) >= 11 is 0. The fourth-order valence-electron chi connectivity index (χ4n) is 4.98. The van der Waals surface area contributed by atoms with Crippen molar-refractivity contribution in [1.82, 2.24) is 24.0 Å². The topological polar surface area (TPSA) is 65.2 Å². The monoisotopic (exact) mass is 431 g/mol.